The van der Waals surface area contributed by atoms with Gasteiger partial charge in [0, 0.05) is 5.57 Å². The normalized spacial score (nSPS) is 11.2. The van der Waals surface area contributed by atoms with Crippen molar-refractivity contribution < 1.29 is 9.53 Å². The number of carbonyl (C=O) groups is 1. The van der Waals surface area contributed by atoms with Crippen molar-refractivity contribution in [3.63, 3.8) is 0 Å². The van der Waals surface area contributed by atoms with Crippen molar-refractivity contribution in [2.75, 3.05) is 6.61 Å². The average molecular weight is 521 g/mol. The predicted molar refractivity (Wildman–Crippen MR) is 165 cm³/mol. The molecule has 0 aromatic rings. The summed E-state index contributed by atoms with van der Waals surface area (Å²) in [4.78, 5) is 11.3. The lowest BCUT2D eigenvalue weighted by Gasteiger charge is -2.05. The maximum absolute atomic E-state index is 11.3. The van der Waals surface area contributed by atoms with E-state index in [1.54, 1.807) is 6.92 Å². The van der Waals surface area contributed by atoms with Crippen molar-refractivity contribution in [1.82, 2.24) is 0 Å². The van der Waals surface area contributed by atoms with Gasteiger partial charge < -0.3 is 4.74 Å². The van der Waals surface area contributed by atoms with Crippen molar-refractivity contribution >= 4 is 5.97 Å². The Hall–Kier alpha value is -0.790. The maximum atomic E-state index is 11.3. The lowest BCUT2D eigenvalue weighted by atomic mass is 10.0. The second kappa shape index (κ2) is 31.4. The fourth-order valence-electron chi connectivity index (χ4n) is 5.24. The Bertz CT molecular complexity index is 470. The molecule has 0 unspecified atom stereocenters. The van der Waals surface area contributed by atoms with Crippen molar-refractivity contribution in [1.29, 1.82) is 0 Å². The van der Waals surface area contributed by atoms with Gasteiger partial charge in [-0.05, 0) is 13.3 Å². The smallest absolute Gasteiger partial charge is 0.333 e. The Kier molecular flexibility index (Phi) is 30.8. The van der Waals surface area contributed by atoms with Gasteiger partial charge in [-0.15, -0.1) is 0 Å². The minimum absolute atomic E-state index is 0.250. The third-order valence-corrected chi connectivity index (χ3v) is 7.83. The van der Waals surface area contributed by atoms with Crippen LogP contribution in [0.15, 0.2) is 12.2 Å². The van der Waals surface area contributed by atoms with Crippen molar-refractivity contribution in [2.45, 2.75) is 200 Å². The van der Waals surface area contributed by atoms with Crippen LogP contribution < -0.4 is 0 Å². The molecule has 0 aromatic carbocycles. The lowest BCUT2D eigenvalue weighted by molar-refractivity contribution is -0.139. The molecule has 0 rings (SSSR count). The first kappa shape index (κ1) is 36.2. The number of ether oxygens (including phenoxy) is 1. The first-order valence-corrected chi connectivity index (χ1v) is 17.0. The van der Waals surface area contributed by atoms with Crippen molar-refractivity contribution in [3.8, 4) is 0 Å². The molecule has 0 aromatic heterocycles. The summed E-state index contributed by atoms with van der Waals surface area (Å²) in [5, 5.41) is 0. The molecule has 37 heavy (non-hydrogen) atoms. The van der Waals surface area contributed by atoms with Crippen LogP contribution in [0.1, 0.15) is 200 Å². The quantitative estimate of drug-likeness (QED) is 0.0516. The molecule has 0 fully saturated rings. The summed E-state index contributed by atoms with van der Waals surface area (Å²) < 4.78 is 5.13. The molecule has 0 aliphatic rings. The zero-order valence-corrected chi connectivity index (χ0v) is 25.7. The van der Waals surface area contributed by atoms with E-state index in [2.05, 4.69) is 13.5 Å². The van der Waals surface area contributed by atoms with E-state index in [4.69, 9.17) is 4.74 Å². The highest BCUT2D eigenvalue weighted by molar-refractivity contribution is 5.86. The van der Waals surface area contributed by atoms with Crippen LogP contribution in [0.25, 0.3) is 0 Å². The molecule has 0 bridgehead atoms. The molecular weight excluding hydrogens is 452 g/mol. The molecule has 0 heterocycles. The number of unbranched alkanes of at least 4 members (excludes halogenated alkanes) is 28. The standard InChI is InChI=1S/C35H68O2/c1-4-5-6-7-8-9-10-11-12-13-14-15-16-17-18-19-20-21-22-23-24-25-26-27-28-29-30-31-32-33-37-35(36)34(2)3/h2,4-33H2,1,3H3. The first-order chi connectivity index (χ1) is 18.2. The fraction of sp³-hybridized carbons (Fsp3) is 0.914. The highest BCUT2D eigenvalue weighted by Crippen LogP contribution is 2.16. The van der Waals surface area contributed by atoms with E-state index in [1.165, 1.54) is 180 Å². The van der Waals surface area contributed by atoms with E-state index in [1.807, 2.05) is 0 Å². The second-order valence-electron chi connectivity index (χ2n) is 11.8. The molecule has 0 saturated carbocycles. The fourth-order valence-corrected chi connectivity index (χ4v) is 5.24. The first-order valence-electron chi connectivity index (χ1n) is 17.0. The number of esters is 1. The molecular formula is C35H68O2. The van der Waals surface area contributed by atoms with Crippen LogP contribution in [0.2, 0.25) is 0 Å². The molecule has 2 heteroatoms. The van der Waals surface area contributed by atoms with Gasteiger partial charge >= 0.3 is 5.97 Å². The van der Waals surface area contributed by atoms with Gasteiger partial charge in [0.25, 0.3) is 0 Å². The summed E-state index contributed by atoms with van der Waals surface area (Å²) in [5.41, 5.74) is 0.496. The van der Waals surface area contributed by atoms with Gasteiger partial charge in [-0.2, -0.15) is 0 Å². The molecule has 0 spiro atoms. The number of rotatable bonds is 31. The Labute approximate surface area is 234 Å². The highest BCUT2D eigenvalue weighted by atomic mass is 16.5. The van der Waals surface area contributed by atoms with E-state index < -0.39 is 0 Å². The Morgan fingerprint density at radius 3 is 0.865 bits per heavy atom. The SMILES string of the molecule is C=C(C)C(=O)OCCCCCCCCCCCCCCCCCCCCCCCCCCCCCCC. The largest absolute Gasteiger partial charge is 0.462 e. The third kappa shape index (κ3) is 31.3. The van der Waals surface area contributed by atoms with Crippen molar-refractivity contribution in [2.24, 2.45) is 0 Å². The van der Waals surface area contributed by atoms with Crippen LogP contribution >= 0.6 is 0 Å². The van der Waals surface area contributed by atoms with E-state index in [0.717, 1.165) is 6.42 Å². The maximum Gasteiger partial charge on any atom is 0.333 e. The summed E-state index contributed by atoms with van der Waals surface area (Å²) in [7, 11) is 0. The van der Waals surface area contributed by atoms with E-state index >= 15 is 0 Å². The molecule has 0 aliphatic heterocycles. The number of hydrogen-bond donors (Lipinski definition) is 0. The molecule has 220 valence electrons. The lowest BCUT2D eigenvalue weighted by Crippen LogP contribution is -2.05. The van der Waals surface area contributed by atoms with Crippen LogP contribution in [0.3, 0.4) is 0 Å². The van der Waals surface area contributed by atoms with Gasteiger partial charge in [-0.25, -0.2) is 4.79 Å². The van der Waals surface area contributed by atoms with E-state index in [0.29, 0.717) is 12.2 Å². The summed E-state index contributed by atoms with van der Waals surface area (Å²) in [5.74, 6) is -0.250. The third-order valence-electron chi connectivity index (χ3n) is 7.83. The molecule has 0 amide bonds. The Morgan fingerprint density at radius 1 is 0.432 bits per heavy atom. The summed E-state index contributed by atoms with van der Waals surface area (Å²) in [6, 6.07) is 0. The molecule has 0 atom stereocenters. The predicted octanol–water partition coefficient (Wildman–Crippen LogP) is 12.4. The summed E-state index contributed by atoms with van der Waals surface area (Å²) in [6.07, 6.45) is 41.0. The zero-order valence-electron chi connectivity index (χ0n) is 25.7. The topological polar surface area (TPSA) is 26.3 Å². The zero-order chi connectivity index (χ0) is 27.1. The van der Waals surface area contributed by atoms with Gasteiger partial charge in [0.15, 0.2) is 0 Å². The highest BCUT2D eigenvalue weighted by Gasteiger charge is 2.02. The minimum atomic E-state index is -0.250. The van der Waals surface area contributed by atoms with Crippen LogP contribution in [-0.4, -0.2) is 12.6 Å². The van der Waals surface area contributed by atoms with Gasteiger partial charge in [0.05, 0.1) is 6.61 Å². The summed E-state index contributed by atoms with van der Waals surface area (Å²) >= 11 is 0. The average Bonchev–Trinajstić information content (AvgIpc) is 2.89. The van der Waals surface area contributed by atoms with Crippen LogP contribution in [0, 0.1) is 0 Å². The van der Waals surface area contributed by atoms with Gasteiger partial charge in [-0.3, -0.25) is 0 Å². The molecule has 2 nitrogen and oxygen atoms in total. The van der Waals surface area contributed by atoms with E-state index in [-0.39, 0.29) is 5.97 Å². The minimum Gasteiger partial charge on any atom is -0.462 e. The van der Waals surface area contributed by atoms with E-state index in [9.17, 15) is 4.79 Å². The number of carbonyl (C=O) groups excluding carboxylic acids is 1. The number of hydrogen-bond acceptors (Lipinski definition) is 2. The molecule has 0 saturated heterocycles. The van der Waals surface area contributed by atoms with Gasteiger partial charge in [-0.1, -0.05) is 193 Å². The Morgan fingerprint density at radius 2 is 0.649 bits per heavy atom. The van der Waals surface area contributed by atoms with Crippen LogP contribution in [0.4, 0.5) is 0 Å². The van der Waals surface area contributed by atoms with Gasteiger partial charge in [0.2, 0.25) is 0 Å². The molecule has 0 N–H and O–H groups in total. The van der Waals surface area contributed by atoms with Crippen LogP contribution in [-0.2, 0) is 9.53 Å². The van der Waals surface area contributed by atoms with Gasteiger partial charge in [0.1, 0.15) is 0 Å². The molecule has 0 aliphatic carbocycles. The monoisotopic (exact) mass is 521 g/mol. The van der Waals surface area contributed by atoms with Crippen molar-refractivity contribution in [3.05, 3.63) is 12.2 Å². The van der Waals surface area contributed by atoms with Crippen LogP contribution in [0.5, 0.6) is 0 Å². The second-order valence-corrected chi connectivity index (χ2v) is 11.8. The Balaban J connectivity index is 3.05. The molecule has 0 radical (unpaired) electrons. The summed E-state index contributed by atoms with van der Waals surface area (Å²) in [6.45, 7) is 8.15.